The van der Waals surface area contributed by atoms with Crippen LogP contribution in [-0.2, 0) is 12.8 Å². The van der Waals surface area contributed by atoms with Crippen molar-refractivity contribution in [2.45, 2.75) is 19.8 Å². The molecule has 0 bridgehead atoms. The van der Waals surface area contributed by atoms with E-state index >= 15 is 0 Å². The Labute approximate surface area is 98.6 Å². The molecule has 2 nitrogen and oxygen atoms in total. The highest BCUT2D eigenvalue weighted by atomic mass is 35.5. The highest BCUT2D eigenvalue weighted by Gasteiger charge is 2.14. The van der Waals surface area contributed by atoms with Crippen molar-refractivity contribution in [1.82, 2.24) is 0 Å². The SMILES string of the molecule is CCc1c(C#N)c(Cl)cc(Cl)c1CC#N. The van der Waals surface area contributed by atoms with Crippen LogP contribution >= 0.6 is 23.2 Å². The minimum Gasteiger partial charge on any atom is -0.198 e. The summed E-state index contributed by atoms with van der Waals surface area (Å²) in [5.74, 6) is 0. The van der Waals surface area contributed by atoms with Crippen molar-refractivity contribution in [3.05, 3.63) is 32.8 Å². The standard InChI is InChI=1S/C11H8Cl2N2/c1-2-7-8(3-4-14)10(12)5-11(13)9(7)6-15/h5H,2-3H2,1H3. The zero-order valence-corrected chi connectivity index (χ0v) is 9.65. The predicted octanol–water partition coefficient (Wildman–Crippen LogP) is 3.49. The lowest BCUT2D eigenvalue weighted by Crippen LogP contribution is -1.98. The first-order chi connectivity index (χ1) is 7.15. The quantitative estimate of drug-likeness (QED) is 0.792. The van der Waals surface area contributed by atoms with Crippen molar-refractivity contribution in [2.24, 2.45) is 0 Å². The fourth-order valence-corrected chi connectivity index (χ4v) is 2.10. The summed E-state index contributed by atoms with van der Waals surface area (Å²) in [6.45, 7) is 1.91. The van der Waals surface area contributed by atoms with Crippen molar-refractivity contribution >= 4 is 23.2 Å². The second-order valence-electron chi connectivity index (χ2n) is 2.97. The molecule has 0 atom stereocenters. The molecule has 0 aliphatic heterocycles. The molecule has 0 spiro atoms. The molecular formula is C11H8Cl2N2. The number of hydrogen-bond donors (Lipinski definition) is 0. The molecular weight excluding hydrogens is 231 g/mol. The molecule has 0 amide bonds. The maximum absolute atomic E-state index is 8.95. The van der Waals surface area contributed by atoms with Crippen LogP contribution in [0.1, 0.15) is 23.6 Å². The Balaban J connectivity index is 3.52. The Bertz CT molecular complexity index is 467. The number of nitrogens with zero attached hydrogens (tertiary/aromatic N) is 2. The molecule has 0 heterocycles. The van der Waals surface area contributed by atoms with Crippen molar-refractivity contribution in [3.8, 4) is 12.1 Å². The summed E-state index contributed by atoms with van der Waals surface area (Å²) in [7, 11) is 0. The Kier molecular flexibility index (Phi) is 3.97. The van der Waals surface area contributed by atoms with Crippen LogP contribution < -0.4 is 0 Å². The van der Waals surface area contributed by atoms with Crippen LogP contribution in [0.4, 0.5) is 0 Å². The van der Waals surface area contributed by atoms with Gasteiger partial charge >= 0.3 is 0 Å². The van der Waals surface area contributed by atoms with Gasteiger partial charge in [0.25, 0.3) is 0 Å². The van der Waals surface area contributed by atoms with Gasteiger partial charge in [-0.2, -0.15) is 10.5 Å². The summed E-state index contributed by atoms with van der Waals surface area (Å²) < 4.78 is 0. The van der Waals surface area contributed by atoms with Crippen LogP contribution in [0.5, 0.6) is 0 Å². The van der Waals surface area contributed by atoms with Gasteiger partial charge in [0.2, 0.25) is 0 Å². The number of benzene rings is 1. The Morgan fingerprint density at radius 3 is 2.33 bits per heavy atom. The van der Waals surface area contributed by atoms with Gasteiger partial charge in [0, 0.05) is 5.02 Å². The Hall–Kier alpha value is -1.22. The van der Waals surface area contributed by atoms with Crippen LogP contribution in [0.2, 0.25) is 10.0 Å². The molecule has 0 radical (unpaired) electrons. The van der Waals surface area contributed by atoms with Gasteiger partial charge in [-0.3, -0.25) is 0 Å². The zero-order chi connectivity index (χ0) is 11.4. The third-order valence-electron chi connectivity index (χ3n) is 2.17. The van der Waals surface area contributed by atoms with Gasteiger partial charge in [0.15, 0.2) is 0 Å². The van der Waals surface area contributed by atoms with Crippen LogP contribution in [0, 0.1) is 22.7 Å². The van der Waals surface area contributed by atoms with Gasteiger partial charge in [-0.15, -0.1) is 0 Å². The first kappa shape index (κ1) is 11.9. The number of halogens is 2. The molecule has 76 valence electrons. The van der Waals surface area contributed by atoms with E-state index in [1.807, 2.05) is 19.1 Å². The third kappa shape index (κ3) is 2.23. The molecule has 1 aromatic rings. The summed E-state index contributed by atoms with van der Waals surface area (Å²) in [4.78, 5) is 0. The molecule has 0 fully saturated rings. The highest BCUT2D eigenvalue weighted by molar-refractivity contribution is 6.36. The van der Waals surface area contributed by atoms with E-state index < -0.39 is 0 Å². The lowest BCUT2D eigenvalue weighted by molar-refractivity contribution is 1.07. The molecule has 0 unspecified atom stereocenters. The Morgan fingerprint density at radius 2 is 1.87 bits per heavy atom. The first-order valence-electron chi connectivity index (χ1n) is 4.42. The molecule has 1 rings (SSSR count). The van der Waals surface area contributed by atoms with E-state index in [1.165, 1.54) is 6.07 Å². The molecule has 0 N–H and O–H groups in total. The summed E-state index contributed by atoms with van der Waals surface area (Å²) in [6, 6.07) is 5.60. The van der Waals surface area contributed by atoms with Crippen LogP contribution in [0.15, 0.2) is 6.07 Å². The van der Waals surface area contributed by atoms with Gasteiger partial charge in [0.1, 0.15) is 6.07 Å². The predicted molar refractivity (Wildman–Crippen MR) is 59.9 cm³/mol. The smallest absolute Gasteiger partial charge is 0.101 e. The molecule has 0 aromatic heterocycles. The molecule has 4 heteroatoms. The fourth-order valence-electron chi connectivity index (χ4n) is 1.49. The minimum atomic E-state index is 0.202. The summed E-state index contributed by atoms with van der Waals surface area (Å²) in [5.41, 5.74) is 1.91. The van der Waals surface area contributed by atoms with Crippen molar-refractivity contribution in [1.29, 1.82) is 10.5 Å². The van der Waals surface area contributed by atoms with E-state index in [0.29, 0.717) is 27.6 Å². The van der Waals surface area contributed by atoms with E-state index in [-0.39, 0.29) is 6.42 Å². The first-order valence-corrected chi connectivity index (χ1v) is 5.18. The summed E-state index contributed by atoms with van der Waals surface area (Å²) in [6.07, 6.45) is 0.841. The second kappa shape index (κ2) is 5.03. The largest absolute Gasteiger partial charge is 0.198 e. The van der Waals surface area contributed by atoms with E-state index in [9.17, 15) is 0 Å². The molecule has 15 heavy (non-hydrogen) atoms. The second-order valence-corrected chi connectivity index (χ2v) is 3.79. The van der Waals surface area contributed by atoms with Gasteiger partial charge in [-0.1, -0.05) is 30.1 Å². The highest BCUT2D eigenvalue weighted by Crippen LogP contribution is 2.30. The third-order valence-corrected chi connectivity index (χ3v) is 2.80. The average Bonchev–Trinajstić information content (AvgIpc) is 2.21. The van der Waals surface area contributed by atoms with Crippen LogP contribution in [-0.4, -0.2) is 0 Å². The molecule has 0 aliphatic rings. The van der Waals surface area contributed by atoms with Gasteiger partial charge in [0.05, 0.1) is 23.1 Å². The number of rotatable bonds is 2. The van der Waals surface area contributed by atoms with E-state index in [0.717, 1.165) is 5.56 Å². The summed E-state index contributed by atoms with van der Waals surface area (Å²) >= 11 is 11.9. The maximum atomic E-state index is 8.95. The van der Waals surface area contributed by atoms with E-state index in [4.69, 9.17) is 33.7 Å². The normalized spacial score (nSPS) is 9.40. The van der Waals surface area contributed by atoms with Crippen molar-refractivity contribution < 1.29 is 0 Å². The number of hydrogen-bond acceptors (Lipinski definition) is 2. The van der Waals surface area contributed by atoms with Crippen molar-refractivity contribution in [2.75, 3.05) is 0 Å². The lowest BCUT2D eigenvalue weighted by atomic mass is 9.97. The van der Waals surface area contributed by atoms with Gasteiger partial charge in [-0.25, -0.2) is 0 Å². The number of nitriles is 2. The molecule has 1 aromatic carbocycles. The van der Waals surface area contributed by atoms with Crippen LogP contribution in [0.25, 0.3) is 0 Å². The molecule has 0 saturated heterocycles. The molecule has 0 saturated carbocycles. The lowest BCUT2D eigenvalue weighted by Gasteiger charge is -2.10. The van der Waals surface area contributed by atoms with Gasteiger partial charge in [-0.05, 0) is 23.6 Å². The monoisotopic (exact) mass is 238 g/mol. The topological polar surface area (TPSA) is 47.6 Å². The van der Waals surface area contributed by atoms with Gasteiger partial charge < -0.3 is 0 Å². The molecule has 0 aliphatic carbocycles. The van der Waals surface area contributed by atoms with E-state index in [1.54, 1.807) is 0 Å². The maximum Gasteiger partial charge on any atom is 0.101 e. The Morgan fingerprint density at radius 1 is 1.20 bits per heavy atom. The average molecular weight is 239 g/mol. The van der Waals surface area contributed by atoms with Crippen LogP contribution in [0.3, 0.4) is 0 Å². The van der Waals surface area contributed by atoms with E-state index in [2.05, 4.69) is 0 Å². The summed E-state index contributed by atoms with van der Waals surface area (Å²) in [5, 5.41) is 18.4. The minimum absolute atomic E-state index is 0.202. The fraction of sp³-hybridized carbons (Fsp3) is 0.273. The van der Waals surface area contributed by atoms with Crippen molar-refractivity contribution in [3.63, 3.8) is 0 Å². The zero-order valence-electron chi connectivity index (χ0n) is 8.14.